The van der Waals surface area contributed by atoms with Gasteiger partial charge in [-0.1, -0.05) is 60.7 Å². The second-order valence-corrected chi connectivity index (χ2v) is 7.06. The third kappa shape index (κ3) is 2.55. The third-order valence-electron chi connectivity index (χ3n) is 3.48. The number of hydrogen-bond donors (Lipinski definition) is 0. The fourth-order valence-electron chi connectivity index (χ4n) is 2.54. The fraction of sp³-hybridized carbons (Fsp3) is 0.118. The molecule has 0 saturated carbocycles. The minimum atomic E-state index is -3.60. The summed E-state index contributed by atoms with van der Waals surface area (Å²) in [5, 5.41) is 0. The van der Waals surface area contributed by atoms with Crippen LogP contribution in [-0.2, 0) is 19.4 Å². The van der Waals surface area contributed by atoms with Crippen LogP contribution in [-0.4, -0.2) is 20.6 Å². The smallest absolute Gasteiger partial charge is 0.340 e. The van der Waals surface area contributed by atoms with E-state index in [1.54, 1.807) is 54.6 Å². The molecule has 0 bridgehead atoms. The second kappa shape index (κ2) is 5.42. The van der Waals surface area contributed by atoms with E-state index in [0.29, 0.717) is 11.1 Å². The molecule has 0 amide bonds. The van der Waals surface area contributed by atoms with Crippen LogP contribution in [0.1, 0.15) is 17.2 Å². The Morgan fingerprint density at radius 1 is 0.909 bits per heavy atom. The number of carbonyl (C=O) groups is 1. The number of carbonyl (C=O) groups excluding carboxylic acids is 1. The molecule has 0 aliphatic carbocycles. The van der Waals surface area contributed by atoms with Crippen molar-refractivity contribution >= 4 is 21.4 Å². The van der Waals surface area contributed by atoms with E-state index >= 15 is 0 Å². The molecule has 22 heavy (non-hydrogen) atoms. The summed E-state index contributed by atoms with van der Waals surface area (Å²) in [6.45, 7) is 0. The van der Waals surface area contributed by atoms with Gasteiger partial charge >= 0.3 is 5.97 Å². The lowest BCUT2D eigenvalue weighted by Crippen LogP contribution is -2.09. The summed E-state index contributed by atoms with van der Waals surface area (Å²) in [5.74, 6) is -0.611. The van der Waals surface area contributed by atoms with Crippen molar-refractivity contribution in [3.05, 3.63) is 76.7 Å². The zero-order valence-corrected chi connectivity index (χ0v) is 12.7. The standard InChI is InChI=1S/C17H14O4S/c1-22(19,20)16-14(12-8-4-2-5-9-12)17(18)21-15(16)13-10-6-3-7-11-13/h2-11,15H,1H3. The van der Waals surface area contributed by atoms with Crippen molar-refractivity contribution in [2.45, 2.75) is 6.10 Å². The normalized spacial score (nSPS) is 18.4. The summed E-state index contributed by atoms with van der Waals surface area (Å²) in [5.41, 5.74) is 1.31. The molecule has 0 saturated heterocycles. The number of cyclic esters (lactones) is 1. The number of sulfone groups is 1. The van der Waals surface area contributed by atoms with Gasteiger partial charge in [0.1, 0.15) is 4.91 Å². The number of hydrogen-bond acceptors (Lipinski definition) is 4. The van der Waals surface area contributed by atoms with Gasteiger partial charge in [-0.15, -0.1) is 0 Å². The molecule has 5 heteroatoms. The molecule has 2 aromatic carbocycles. The SMILES string of the molecule is CS(=O)(=O)C1=C(c2ccccc2)C(=O)OC1c1ccccc1. The van der Waals surface area contributed by atoms with E-state index in [4.69, 9.17) is 4.74 Å². The van der Waals surface area contributed by atoms with Crippen molar-refractivity contribution in [2.24, 2.45) is 0 Å². The van der Waals surface area contributed by atoms with Crippen LogP contribution in [0.25, 0.3) is 5.57 Å². The van der Waals surface area contributed by atoms with Crippen molar-refractivity contribution in [2.75, 3.05) is 6.26 Å². The first kappa shape index (κ1) is 14.5. The average molecular weight is 314 g/mol. The Hall–Kier alpha value is -2.40. The van der Waals surface area contributed by atoms with Gasteiger partial charge in [0.25, 0.3) is 0 Å². The van der Waals surface area contributed by atoms with Gasteiger partial charge in [0.2, 0.25) is 0 Å². The van der Waals surface area contributed by atoms with E-state index in [-0.39, 0.29) is 10.5 Å². The van der Waals surface area contributed by atoms with Crippen molar-refractivity contribution in [1.82, 2.24) is 0 Å². The zero-order valence-electron chi connectivity index (χ0n) is 11.9. The predicted molar refractivity (Wildman–Crippen MR) is 83.5 cm³/mol. The van der Waals surface area contributed by atoms with Crippen molar-refractivity contribution in [1.29, 1.82) is 0 Å². The highest BCUT2D eigenvalue weighted by atomic mass is 32.2. The topological polar surface area (TPSA) is 60.4 Å². The molecule has 0 spiro atoms. The van der Waals surface area contributed by atoms with Gasteiger partial charge in [-0.25, -0.2) is 13.2 Å². The Labute approximate surface area is 129 Å². The number of ether oxygens (including phenoxy) is 1. The van der Waals surface area contributed by atoms with E-state index in [2.05, 4.69) is 0 Å². The molecule has 2 aromatic rings. The molecular formula is C17H14O4S. The number of rotatable bonds is 3. The molecule has 0 radical (unpaired) electrons. The first-order chi connectivity index (χ1) is 10.5. The molecule has 1 heterocycles. The molecule has 1 aliphatic rings. The molecule has 0 aromatic heterocycles. The molecule has 1 atom stereocenters. The summed E-state index contributed by atoms with van der Waals surface area (Å²) in [6, 6.07) is 17.6. The van der Waals surface area contributed by atoms with Gasteiger partial charge in [0.15, 0.2) is 15.9 Å². The molecule has 1 unspecified atom stereocenters. The highest BCUT2D eigenvalue weighted by Crippen LogP contribution is 2.42. The highest BCUT2D eigenvalue weighted by molar-refractivity contribution is 7.94. The Morgan fingerprint density at radius 3 is 2.00 bits per heavy atom. The van der Waals surface area contributed by atoms with Gasteiger partial charge in [0.05, 0.1) is 5.57 Å². The fourth-order valence-corrected chi connectivity index (χ4v) is 3.69. The minimum absolute atomic E-state index is 0.0231. The van der Waals surface area contributed by atoms with Gasteiger partial charge < -0.3 is 4.74 Å². The van der Waals surface area contributed by atoms with E-state index in [9.17, 15) is 13.2 Å². The van der Waals surface area contributed by atoms with Crippen LogP contribution in [0.3, 0.4) is 0 Å². The van der Waals surface area contributed by atoms with E-state index < -0.39 is 21.9 Å². The summed E-state index contributed by atoms with van der Waals surface area (Å²) < 4.78 is 29.9. The zero-order chi connectivity index (χ0) is 15.7. The maximum atomic E-state index is 12.3. The molecule has 112 valence electrons. The Bertz CT molecular complexity index is 837. The van der Waals surface area contributed by atoms with E-state index in [1.807, 2.05) is 6.07 Å². The monoisotopic (exact) mass is 314 g/mol. The largest absolute Gasteiger partial charge is 0.448 e. The Kier molecular flexibility index (Phi) is 3.58. The summed E-state index contributed by atoms with van der Waals surface area (Å²) >= 11 is 0. The lowest BCUT2D eigenvalue weighted by atomic mass is 10.0. The highest BCUT2D eigenvalue weighted by Gasteiger charge is 2.40. The van der Waals surface area contributed by atoms with Crippen LogP contribution < -0.4 is 0 Å². The maximum Gasteiger partial charge on any atom is 0.340 e. The van der Waals surface area contributed by atoms with E-state index in [0.717, 1.165) is 6.26 Å². The first-order valence-electron chi connectivity index (χ1n) is 6.74. The van der Waals surface area contributed by atoms with E-state index in [1.165, 1.54) is 0 Å². The molecular weight excluding hydrogens is 300 g/mol. The van der Waals surface area contributed by atoms with Crippen LogP contribution >= 0.6 is 0 Å². The predicted octanol–water partition coefficient (Wildman–Crippen LogP) is 2.74. The number of benzene rings is 2. The van der Waals surface area contributed by atoms with Gasteiger partial charge in [-0.3, -0.25) is 0 Å². The maximum absolute atomic E-state index is 12.3. The minimum Gasteiger partial charge on any atom is -0.448 e. The van der Waals surface area contributed by atoms with Crippen LogP contribution in [0.5, 0.6) is 0 Å². The van der Waals surface area contributed by atoms with Crippen molar-refractivity contribution in [3.63, 3.8) is 0 Å². The van der Waals surface area contributed by atoms with Crippen LogP contribution in [0.2, 0.25) is 0 Å². The lowest BCUT2D eigenvalue weighted by molar-refractivity contribution is -0.138. The summed E-state index contributed by atoms with van der Waals surface area (Å²) in [4.78, 5) is 12.3. The second-order valence-electron chi connectivity index (χ2n) is 5.07. The van der Waals surface area contributed by atoms with Crippen LogP contribution in [0.15, 0.2) is 65.6 Å². The first-order valence-corrected chi connectivity index (χ1v) is 8.63. The summed E-state index contributed by atoms with van der Waals surface area (Å²) in [6.07, 6.45) is 0.210. The lowest BCUT2D eigenvalue weighted by Gasteiger charge is -2.13. The van der Waals surface area contributed by atoms with Gasteiger partial charge in [-0.2, -0.15) is 0 Å². The van der Waals surface area contributed by atoms with Gasteiger partial charge in [-0.05, 0) is 11.1 Å². The molecule has 0 fully saturated rings. The number of esters is 1. The quantitative estimate of drug-likeness (QED) is 0.817. The van der Waals surface area contributed by atoms with Crippen LogP contribution in [0.4, 0.5) is 0 Å². The summed E-state index contributed by atoms with van der Waals surface area (Å²) in [7, 11) is -3.60. The Balaban J connectivity index is 2.24. The van der Waals surface area contributed by atoms with Crippen LogP contribution in [0, 0.1) is 0 Å². The third-order valence-corrected chi connectivity index (χ3v) is 4.69. The Morgan fingerprint density at radius 2 is 1.45 bits per heavy atom. The van der Waals surface area contributed by atoms with Crippen molar-refractivity contribution < 1.29 is 17.9 Å². The molecule has 3 rings (SSSR count). The van der Waals surface area contributed by atoms with Gasteiger partial charge in [0, 0.05) is 6.26 Å². The molecule has 4 nitrogen and oxygen atoms in total. The average Bonchev–Trinajstić information content (AvgIpc) is 2.87. The van der Waals surface area contributed by atoms with Crippen molar-refractivity contribution in [3.8, 4) is 0 Å². The molecule has 0 N–H and O–H groups in total. The molecule has 1 aliphatic heterocycles.